The average Bonchev–Trinajstić information content (AvgIpc) is 3.20. The Labute approximate surface area is 166 Å². The SMILES string of the molecule is Nc1ccc(C(=O)NCc2ccc(COc3nc(N)nc4nc[nH]c34)cc2)cc1. The Morgan fingerprint density at radius 3 is 2.48 bits per heavy atom. The van der Waals surface area contributed by atoms with Gasteiger partial charge in [-0.3, -0.25) is 4.79 Å². The molecule has 146 valence electrons. The van der Waals surface area contributed by atoms with Crippen LogP contribution in [0.5, 0.6) is 5.88 Å². The van der Waals surface area contributed by atoms with Crippen molar-refractivity contribution in [2.75, 3.05) is 11.5 Å². The molecule has 6 N–H and O–H groups in total. The maximum Gasteiger partial charge on any atom is 0.251 e. The first kappa shape index (κ1) is 18.2. The molecule has 0 spiro atoms. The number of carbonyl (C=O) groups is 1. The number of fused-ring (bicyclic) bond motifs is 1. The van der Waals surface area contributed by atoms with Crippen LogP contribution in [0.1, 0.15) is 21.5 Å². The van der Waals surface area contributed by atoms with Crippen molar-refractivity contribution in [1.82, 2.24) is 25.3 Å². The van der Waals surface area contributed by atoms with E-state index in [-0.39, 0.29) is 11.9 Å². The molecule has 0 aliphatic rings. The number of nitrogen functional groups attached to an aromatic ring is 2. The number of rotatable bonds is 6. The van der Waals surface area contributed by atoms with Crippen LogP contribution < -0.4 is 21.5 Å². The number of H-pyrrole nitrogens is 1. The number of carbonyl (C=O) groups excluding carboxylic acids is 1. The van der Waals surface area contributed by atoms with Gasteiger partial charge in [0.15, 0.2) is 5.65 Å². The fraction of sp³-hybridized carbons (Fsp3) is 0.100. The molecule has 0 fully saturated rings. The Bertz CT molecular complexity index is 1140. The number of hydrogen-bond acceptors (Lipinski definition) is 7. The second kappa shape index (κ2) is 7.85. The van der Waals surface area contributed by atoms with Crippen molar-refractivity contribution >= 4 is 28.7 Å². The summed E-state index contributed by atoms with van der Waals surface area (Å²) in [5.74, 6) is 0.305. The fourth-order valence-corrected chi connectivity index (χ4v) is 2.75. The molecule has 9 nitrogen and oxygen atoms in total. The van der Waals surface area contributed by atoms with E-state index in [9.17, 15) is 4.79 Å². The molecule has 9 heteroatoms. The van der Waals surface area contributed by atoms with E-state index in [2.05, 4.69) is 25.3 Å². The lowest BCUT2D eigenvalue weighted by Gasteiger charge is -2.09. The van der Waals surface area contributed by atoms with E-state index in [1.54, 1.807) is 24.3 Å². The fourth-order valence-electron chi connectivity index (χ4n) is 2.75. The van der Waals surface area contributed by atoms with Gasteiger partial charge in [0.2, 0.25) is 11.8 Å². The number of benzene rings is 2. The Morgan fingerprint density at radius 1 is 1.00 bits per heavy atom. The maximum absolute atomic E-state index is 12.2. The van der Waals surface area contributed by atoms with E-state index < -0.39 is 0 Å². The zero-order valence-electron chi connectivity index (χ0n) is 15.4. The number of aromatic nitrogens is 4. The van der Waals surface area contributed by atoms with Crippen molar-refractivity contribution < 1.29 is 9.53 Å². The first-order valence-corrected chi connectivity index (χ1v) is 8.89. The number of nitrogens with two attached hydrogens (primary N) is 2. The van der Waals surface area contributed by atoms with E-state index >= 15 is 0 Å². The smallest absolute Gasteiger partial charge is 0.251 e. The number of ether oxygens (including phenoxy) is 1. The van der Waals surface area contributed by atoms with E-state index in [0.29, 0.717) is 41.4 Å². The van der Waals surface area contributed by atoms with E-state index in [1.165, 1.54) is 6.33 Å². The van der Waals surface area contributed by atoms with Gasteiger partial charge in [0.05, 0.1) is 6.33 Å². The summed E-state index contributed by atoms with van der Waals surface area (Å²) < 4.78 is 5.77. The molecule has 0 radical (unpaired) electrons. The molecule has 0 aliphatic carbocycles. The van der Waals surface area contributed by atoms with Crippen molar-refractivity contribution in [3.63, 3.8) is 0 Å². The molecule has 0 aliphatic heterocycles. The minimum atomic E-state index is -0.151. The van der Waals surface area contributed by atoms with Gasteiger partial charge in [-0.25, -0.2) is 4.98 Å². The zero-order chi connectivity index (χ0) is 20.2. The molecule has 4 rings (SSSR count). The topological polar surface area (TPSA) is 145 Å². The molecular formula is C20H19N7O2. The summed E-state index contributed by atoms with van der Waals surface area (Å²) in [6, 6.07) is 14.5. The van der Waals surface area contributed by atoms with Gasteiger partial charge in [0, 0.05) is 17.8 Å². The second-order valence-electron chi connectivity index (χ2n) is 6.40. The van der Waals surface area contributed by atoms with Gasteiger partial charge >= 0.3 is 0 Å². The first-order chi connectivity index (χ1) is 14.1. The van der Waals surface area contributed by atoms with Crippen molar-refractivity contribution in [3.8, 4) is 5.88 Å². The van der Waals surface area contributed by atoms with E-state index in [0.717, 1.165) is 11.1 Å². The Hall–Kier alpha value is -4.14. The Morgan fingerprint density at radius 2 is 1.72 bits per heavy atom. The van der Waals surface area contributed by atoms with Gasteiger partial charge in [-0.2, -0.15) is 9.97 Å². The number of aromatic amines is 1. The number of imidazole rings is 1. The van der Waals surface area contributed by atoms with Crippen LogP contribution >= 0.6 is 0 Å². The zero-order valence-corrected chi connectivity index (χ0v) is 15.4. The summed E-state index contributed by atoms with van der Waals surface area (Å²) in [5, 5.41) is 2.88. The third-order valence-electron chi connectivity index (χ3n) is 4.29. The third-order valence-corrected chi connectivity index (χ3v) is 4.29. The molecular weight excluding hydrogens is 370 g/mol. The highest BCUT2D eigenvalue weighted by molar-refractivity contribution is 5.94. The van der Waals surface area contributed by atoms with Crippen LogP contribution in [0, 0.1) is 0 Å². The molecule has 2 aromatic carbocycles. The highest BCUT2D eigenvalue weighted by Gasteiger charge is 2.10. The van der Waals surface area contributed by atoms with Gasteiger partial charge < -0.3 is 26.5 Å². The first-order valence-electron chi connectivity index (χ1n) is 8.89. The minimum absolute atomic E-state index is 0.104. The number of nitrogens with zero attached hydrogens (tertiary/aromatic N) is 3. The lowest BCUT2D eigenvalue weighted by Crippen LogP contribution is -2.22. The number of anilines is 2. The summed E-state index contributed by atoms with van der Waals surface area (Å²) in [5.41, 5.74) is 15.5. The largest absolute Gasteiger partial charge is 0.471 e. The molecule has 0 saturated heterocycles. The van der Waals surface area contributed by atoms with E-state index in [1.807, 2.05) is 24.3 Å². The summed E-state index contributed by atoms with van der Waals surface area (Å²) in [4.78, 5) is 27.3. The summed E-state index contributed by atoms with van der Waals surface area (Å²) in [7, 11) is 0. The van der Waals surface area contributed by atoms with Crippen LogP contribution in [0.3, 0.4) is 0 Å². The van der Waals surface area contributed by atoms with Gasteiger partial charge in [0.1, 0.15) is 12.1 Å². The number of amides is 1. The van der Waals surface area contributed by atoms with Gasteiger partial charge in [-0.05, 0) is 35.4 Å². The van der Waals surface area contributed by atoms with E-state index in [4.69, 9.17) is 16.2 Å². The third kappa shape index (κ3) is 4.24. The van der Waals surface area contributed by atoms with Gasteiger partial charge in [-0.15, -0.1) is 0 Å². The van der Waals surface area contributed by atoms with Gasteiger partial charge in [-0.1, -0.05) is 24.3 Å². The summed E-state index contributed by atoms with van der Waals surface area (Å²) >= 11 is 0. The van der Waals surface area contributed by atoms with Crippen LogP contribution in [0.25, 0.3) is 11.2 Å². The normalized spacial score (nSPS) is 10.8. The molecule has 0 atom stereocenters. The second-order valence-corrected chi connectivity index (χ2v) is 6.40. The van der Waals surface area contributed by atoms with Crippen molar-refractivity contribution in [2.24, 2.45) is 0 Å². The number of nitrogens with one attached hydrogen (secondary N) is 2. The van der Waals surface area contributed by atoms with Crippen molar-refractivity contribution in [2.45, 2.75) is 13.2 Å². The maximum atomic E-state index is 12.2. The predicted octanol–water partition coefficient (Wildman–Crippen LogP) is 2.03. The van der Waals surface area contributed by atoms with Crippen molar-refractivity contribution in [1.29, 1.82) is 0 Å². The summed E-state index contributed by atoms with van der Waals surface area (Å²) in [6.07, 6.45) is 1.51. The molecule has 0 bridgehead atoms. The lowest BCUT2D eigenvalue weighted by molar-refractivity contribution is 0.0951. The van der Waals surface area contributed by atoms with Crippen LogP contribution in [0.4, 0.5) is 11.6 Å². The highest BCUT2D eigenvalue weighted by Crippen LogP contribution is 2.20. The predicted molar refractivity (Wildman–Crippen MR) is 109 cm³/mol. The molecule has 0 unspecified atom stereocenters. The standard InChI is InChI=1S/C20H19N7O2/c21-15-7-5-14(6-8-15)18(28)23-9-12-1-3-13(4-2-12)10-29-19-16-17(25-11-24-16)26-20(22)27-19/h1-8,11H,9-10,21H2,(H,23,28)(H3,22,24,25,26,27). The molecule has 4 aromatic rings. The van der Waals surface area contributed by atoms with Crippen LogP contribution in [0.15, 0.2) is 54.9 Å². The van der Waals surface area contributed by atoms with Gasteiger partial charge in [0.25, 0.3) is 5.91 Å². The lowest BCUT2D eigenvalue weighted by atomic mass is 10.1. The van der Waals surface area contributed by atoms with Crippen molar-refractivity contribution in [3.05, 3.63) is 71.5 Å². The average molecular weight is 389 g/mol. The van der Waals surface area contributed by atoms with Crippen LogP contribution in [-0.4, -0.2) is 25.8 Å². The Balaban J connectivity index is 1.35. The summed E-state index contributed by atoms with van der Waals surface area (Å²) in [6.45, 7) is 0.726. The molecule has 2 aromatic heterocycles. The Kier molecular flexibility index (Phi) is 4.93. The van der Waals surface area contributed by atoms with Crippen LogP contribution in [-0.2, 0) is 13.2 Å². The van der Waals surface area contributed by atoms with Crippen LogP contribution in [0.2, 0.25) is 0 Å². The molecule has 0 saturated carbocycles. The molecule has 1 amide bonds. The molecule has 29 heavy (non-hydrogen) atoms. The monoisotopic (exact) mass is 389 g/mol. The molecule has 2 heterocycles. The minimum Gasteiger partial charge on any atom is -0.471 e. The quantitative estimate of drug-likeness (QED) is 0.369. The highest BCUT2D eigenvalue weighted by atomic mass is 16.5. The number of hydrogen-bond donors (Lipinski definition) is 4.